The van der Waals surface area contributed by atoms with Crippen LogP contribution in [0.25, 0.3) is 0 Å². The maximum atomic E-state index is 13.1. The van der Waals surface area contributed by atoms with Crippen molar-refractivity contribution in [1.29, 1.82) is 0 Å². The van der Waals surface area contributed by atoms with Gasteiger partial charge in [0.15, 0.2) is 11.6 Å². The van der Waals surface area contributed by atoms with Gasteiger partial charge in [0, 0.05) is 13.0 Å². The molecule has 0 atom stereocenters. The van der Waals surface area contributed by atoms with Crippen molar-refractivity contribution in [2.24, 2.45) is 0 Å². The lowest BCUT2D eigenvalue weighted by Crippen LogP contribution is -2.03. The van der Waals surface area contributed by atoms with Gasteiger partial charge in [0.1, 0.15) is 0 Å². The summed E-state index contributed by atoms with van der Waals surface area (Å²) in [6.45, 7) is 0.101. The third-order valence-corrected chi connectivity index (χ3v) is 2.18. The monoisotopic (exact) mass is 266 g/mol. The second kappa shape index (κ2) is 5.26. The van der Waals surface area contributed by atoms with Crippen LogP contribution in [0.3, 0.4) is 0 Å². The Labute approximate surface area is 88.6 Å². The van der Waals surface area contributed by atoms with E-state index >= 15 is 0 Å². The molecule has 0 aromatic heterocycles. The average molecular weight is 267 g/mol. The van der Waals surface area contributed by atoms with Crippen LogP contribution in [0.4, 0.5) is 8.78 Å². The molecule has 0 unspecified atom stereocenters. The molecule has 78 valence electrons. The highest BCUT2D eigenvalue weighted by molar-refractivity contribution is 9.10. The molecule has 0 amide bonds. The van der Waals surface area contributed by atoms with Gasteiger partial charge in [-0.2, -0.15) is 4.39 Å². The molecule has 0 aliphatic heterocycles. The zero-order valence-electron chi connectivity index (χ0n) is 7.27. The van der Waals surface area contributed by atoms with Crippen LogP contribution in [0.1, 0.15) is 6.42 Å². The lowest BCUT2D eigenvalue weighted by molar-refractivity contribution is 0.226. The van der Waals surface area contributed by atoms with Crippen molar-refractivity contribution in [2.45, 2.75) is 6.42 Å². The Morgan fingerprint density at radius 2 is 2.07 bits per heavy atom. The molecule has 0 spiro atoms. The van der Waals surface area contributed by atoms with Crippen LogP contribution in [-0.2, 0) is 0 Å². The van der Waals surface area contributed by atoms with Crippen molar-refractivity contribution in [1.82, 2.24) is 0 Å². The Balaban J connectivity index is 2.79. The number of hydrogen-bond donors (Lipinski definition) is 1. The van der Waals surface area contributed by atoms with E-state index < -0.39 is 11.6 Å². The van der Waals surface area contributed by atoms with Gasteiger partial charge in [0.2, 0.25) is 5.82 Å². The molecule has 5 heteroatoms. The van der Waals surface area contributed by atoms with Crippen molar-refractivity contribution in [3.8, 4) is 5.75 Å². The number of halogens is 3. The number of benzene rings is 1. The first-order valence-electron chi connectivity index (χ1n) is 4.04. The largest absolute Gasteiger partial charge is 0.489 e. The van der Waals surface area contributed by atoms with Crippen molar-refractivity contribution >= 4 is 15.9 Å². The van der Waals surface area contributed by atoms with E-state index in [1.54, 1.807) is 0 Å². The summed E-state index contributed by atoms with van der Waals surface area (Å²) in [5.74, 6) is -2.12. The van der Waals surface area contributed by atoms with E-state index in [-0.39, 0.29) is 19.0 Å². The fourth-order valence-electron chi connectivity index (χ4n) is 0.880. The van der Waals surface area contributed by atoms with E-state index in [2.05, 4.69) is 15.9 Å². The highest BCUT2D eigenvalue weighted by atomic mass is 79.9. The molecule has 1 N–H and O–H groups in total. The Morgan fingerprint density at radius 3 is 2.71 bits per heavy atom. The summed E-state index contributed by atoms with van der Waals surface area (Å²) in [7, 11) is 0. The fraction of sp³-hybridized carbons (Fsp3) is 0.333. The van der Waals surface area contributed by atoms with Gasteiger partial charge in [0.05, 0.1) is 11.1 Å². The van der Waals surface area contributed by atoms with Crippen LogP contribution in [0, 0.1) is 11.6 Å². The molecule has 1 rings (SSSR count). The van der Waals surface area contributed by atoms with Gasteiger partial charge >= 0.3 is 0 Å². The van der Waals surface area contributed by atoms with E-state index in [0.29, 0.717) is 10.9 Å². The highest BCUT2D eigenvalue weighted by Gasteiger charge is 2.12. The first kappa shape index (κ1) is 11.4. The van der Waals surface area contributed by atoms with Gasteiger partial charge in [-0.15, -0.1) is 0 Å². The first-order valence-corrected chi connectivity index (χ1v) is 4.83. The van der Waals surface area contributed by atoms with Crippen LogP contribution in [0.2, 0.25) is 0 Å². The molecule has 0 aliphatic rings. The van der Waals surface area contributed by atoms with E-state index in [1.807, 2.05) is 0 Å². The SMILES string of the molecule is OCCCOc1c(Br)ccc(F)c1F. The molecule has 0 radical (unpaired) electrons. The quantitative estimate of drug-likeness (QED) is 0.670. The normalized spacial score (nSPS) is 10.3. The summed E-state index contributed by atoms with van der Waals surface area (Å²) < 4.78 is 31.2. The van der Waals surface area contributed by atoms with E-state index in [4.69, 9.17) is 9.84 Å². The van der Waals surface area contributed by atoms with Crippen molar-refractivity contribution in [2.75, 3.05) is 13.2 Å². The molecule has 0 aliphatic carbocycles. The average Bonchev–Trinajstić information content (AvgIpc) is 2.18. The summed E-state index contributed by atoms with van der Waals surface area (Å²) >= 11 is 3.04. The molecule has 0 heterocycles. The summed E-state index contributed by atoms with van der Waals surface area (Å²) in [6, 6.07) is 2.38. The molecule has 0 bridgehead atoms. The van der Waals surface area contributed by atoms with Crippen molar-refractivity contribution in [3.63, 3.8) is 0 Å². The Hall–Kier alpha value is -0.680. The van der Waals surface area contributed by atoms with Gasteiger partial charge in [-0.1, -0.05) is 0 Å². The predicted octanol–water partition coefficient (Wildman–Crippen LogP) is 2.49. The topological polar surface area (TPSA) is 29.5 Å². The number of rotatable bonds is 4. The summed E-state index contributed by atoms with van der Waals surface area (Å²) in [6.07, 6.45) is 0.377. The third kappa shape index (κ3) is 2.65. The van der Waals surface area contributed by atoms with E-state index in [0.717, 1.165) is 6.07 Å². The van der Waals surface area contributed by atoms with E-state index in [1.165, 1.54) is 6.07 Å². The second-order valence-corrected chi connectivity index (χ2v) is 3.45. The highest BCUT2D eigenvalue weighted by Crippen LogP contribution is 2.29. The van der Waals surface area contributed by atoms with Crippen LogP contribution in [0.15, 0.2) is 16.6 Å². The third-order valence-electron chi connectivity index (χ3n) is 1.55. The van der Waals surface area contributed by atoms with Gasteiger partial charge in [-0.3, -0.25) is 0 Å². The predicted molar refractivity (Wildman–Crippen MR) is 51.3 cm³/mol. The maximum absolute atomic E-state index is 13.1. The Kier molecular flexibility index (Phi) is 4.28. The molecule has 14 heavy (non-hydrogen) atoms. The van der Waals surface area contributed by atoms with Gasteiger partial charge in [0.25, 0.3) is 0 Å². The minimum Gasteiger partial charge on any atom is -0.489 e. The van der Waals surface area contributed by atoms with Gasteiger partial charge in [-0.25, -0.2) is 4.39 Å². The minimum atomic E-state index is -1.02. The lowest BCUT2D eigenvalue weighted by Gasteiger charge is -2.08. The van der Waals surface area contributed by atoms with Gasteiger partial charge < -0.3 is 9.84 Å². The molecule has 1 aromatic carbocycles. The van der Waals surface area contributed by atoms with E-state index in [9.17, 15) is 8.78 Å². The maximum Gasteiger partial charge on any atom is 0.201 e. The molecule has 0 saturated carbocycles. The lowest BCUT2D eigenvalue weighted by atomic mass is 10.3. The van der Waals surface area contributed by atoms with Gasteiger partial charge in [-0.05, 0) is 28.1 Å². The summed E-state index contributed by atoms with van der Waals surface area (Å²) in [5, 5.41) is 8.48. The van der Waals surface area contributed by atoms with Crippen LogP contribution >= 0.6 is 15.9 Å². The van der Waals surface area contributed by atoms with Crippen molar-refractivity contribution in [3.05, 3.63) is 28.2 Å². The molecule has 2 nitrogen and oxygen atoms in total. The number of aliphatic hydroxyl groups excluding tert-OH is 1. The summed E-state index contributed by atoms with van der Waals surface area (Å²) in [4.78, 5) is 0. The molecular formula is C9H9BrF2O2. The fourth-order valence-corrected chi connectivity index (χ4v) is 1.30. The standard InChI is InChI=1S/C9H9BrF2O2/c10-6-2-3-7(11)8(12)9(6)14-5-1-4-13/h2-3,13H,1,4-5H2. The number of aliphatic hydroxyl groups is 1. The zero-order valence-corrected chi connectivity index (χ0v) is 8.85. The zero-order chi connectivity index (χ0) is 10.6. The molecule has 1 aromatic rings. The first-order chi connectivity index (χ1) is 6.66. The second-order valence-electron chi connectivity index (χ2n) is 2.60. The van der Waals surface area contributed by atoms with Crippen LogP contribution < -0.4 is 4.74 Å². The van der Waals surface area contributed by atoms with Crippen LogP contribution in [-0.4, -0.2) is 18.3 Å². The minimum absolute atomic E-state index is 0.0471. The Morgan fingerprint density at radius 1 is 1.36 bits per heavy atom. The molecular weight excluding hydrogens is 258 g/mol. The molecule has 0 saturated heterocycles. The molecule has 0 fully saturated rings. The number of hydrogen-bond acceptors (Lipinski definition) is 2. The smallest absolute Gasteiger partial charge is 0.201 e. The number of ether oxygens (including phenoxy) is 1. The van der Waals surface area contributed by atoms with Crippen LogP contribution in [0.5, 0.6) is 5.75 Å². The summed E-state index contributed by atoms with van der Waals surface area (Å²) in [5.41, 5.74) is 0. The van der Waals surface area contributed by atoms with Crippen molar-refractivity contribution < 1.29 is 18.6 Å². The Bertz CT molecular complexity index is 318.